The molecule has 0 aliphatic heterocycles. The van der Waals surface area contributed by atoms with Gasteiger partial charge < -0.3 is 20.5 Å². The Labute approximate surface area is 176 Å². The lowest BCUT2D eigenvalue weighted by Gasteiger charge is -2.15. The van der Waals surface area contributed by atoms with E-state index < -0.39 is 0 Å². The summed E-state index contributed by atoms with van der Waals surface area (Å²) in [5.74, 6) is 1.89. The average Bonchev–Trinajstić information content (AvgIpc) is 2.73. The molecule has 0 fully saturated rings. The van der Waals surface area contributed by atoms with Crippen LogP contribution in [0.2, 0.25) is 0 Å². The lowest BCUT2D eigenvalue weighted by Crippen LogP contribution is -2.04. The molecule has 2 aromatic heterocycles. The molecule has 0 amide bonds. The molecular weight excluding hydrogens is 434 g/mol. The molecule has 0 saturated carbocycles. The summed E-state index contributed by atoms with van der Waals surface area (Å²) in [5, 5.41) is 4.13. The van der Waals surface area contributed by atoms with Crippen molar-refractivity contribution in [3.63, 3.8) is 0 Å². The van der Waals surface area contributed by atoms with Crippen molar-refractivity contribution < 1.29 is 9.47 Å². The number of hydrogen-bond acceptors (Lipinski definition) is 7. The number of nitrogens with zero attached hydrogens (tertiary/aromatic N) is 3. The van der Waals surface area contributed by atoms with E-state index in [9.17, 15) is 0 Å². The Bertz CT molecular complexity index is 1200. The highest BCUT2D eigenvalue weighted by molar-refractivity contribution is 9.10. The van der Waals surface area contributed by atoms with Crippen LogP contribution in [0.25, 0.3) is 10.9 Å². The number of fused-ring (bicyclic) bond motifs is 1. The summed E-state index contributed by atoms with van der Waals surface area (Å²) in [6, 6.07) is 13.3. The van der Waals surface area contributed by atoms with Crippen LogP contribution in [0.1, 0.15) is 5.56 Å². The number of hydrogen-bond donors (Lipinski definition) is 2. The van der Waals surface area contributed by atoms with Gasteiger partial charge in [0.25, 0.3) is 0 Å². The summed E-state index contributed by atoms with van der Waals surface area (Å²) in [4.78, 5) is 12.9. The van der Waals surface area contributed by atoms with Crippen LogP contribution in [0.15, 0.2) is 59.5 Å². The van der Waals surface area contributed by atoms with E-state index in [2.05, 4.69) is 36.2 Å². The first-order chi connectivity index (χ1) is 14.1. The Kier molecular flexibility index (Phi) is 5.18. The number of halogens is 1. The molecule has 0 spiro atoms. The fourth-order valence-electron chi connectivity index (χ4n) is 2.91. The largest absolute Gasteiger partial charge is 0.495 e. The highest BCUT2D eigenvalue weighted by atomic mass is 79.9. The molecular formula is C21H18BrN5O2. The van der Waals surface area contributed by atoms with Crippen molar-refractivity contribution in [2.24, 2.45) is 0 Å². The van der Waals surface area contributed by atoms with Gasteiger partial charge in [0.15, 0.2) is 11.6 Å². The van der Waals surface area contributed by atoms with Crippen LogP contribution < -0.4 is 20.5 Å². The van der Waals surface area contributed by atoms with Crippen molar-refractivity contribution in [3.05, 3.63) is 65.0 Å². The van der Waals surface area contributed by atoms with Gasteiger partial charge in [-0.05, 0) is 42.8 Å². The van der Waals surface area contributed by atoms with Crippen LogP contribution >= 0.6 is 15.9 Å². The number of aromatic nitrogens is 3. The number of nitrogens with one attached hydrogen (secondary N) is 1. The van der Waals surface area contributed by atoms with Crippen molar-refractivity contribution in [2.45, 2.75) is 6.92 Å². The van der Waals surface area contributed by atoms with Crippen LogP contribution in [0, 0.1) is 6.92 Å². The molecule has 3 N–H and O–H groups in total. The number of methoxy groups -OCH3 is 1. The summed E-state index contributed by atoms with van der Waals surface area (Å²) < 4.78 is 12.3. The summed E-state index contributed by atoms with van der Waals surface area (Å²) in [6.45, 7) is 1.99. The second kappa shape index (κ2) is 7.92. The molecule has 0 unspecified atom stereocenters. The standard InChI is InChI=1S/C21H18BrN5O2/c1-12-5-7-16(28-2)15(10-12)27-20-18(23)21(26-11-25-20)29-17-8-6-14(22)13-4-3-9-24-19(13)17/h3-11H,23H2,1-2H3,(H,25,26,27). The zero-order valence-corrected chi connectivity index (χ0v) is 17.4. The Morgan fingerprint density at radius 3 is 2.69 bits per heavy atom. The second-order valence-electron chi connectivity index (χ2n) is 6.32. The average molecular weight is 452 g/mol. The highest BCUT2D eigenvalue weighted by Crippen LogP contribution is 2.37. The number of ether oxygens (including phenoxy) is 2. The van der Waals surface area contributed by atoms with Crippen LogP contribution in [0.4, 0.5) is 17.2 Å². The van der Waals surface area contributed by atoms with E-state index in [0.29, 0.717) is 22.8 Å². The summed E-state index contributed by atoms with van der Waals surface area (Å²) in [7, 11) is 1.61. The molecule has 2 heterocycles. The lowest BCUT2D eigenvalue weighted by atomic mass is 10.2. The van der Waals surface area contributed by atoms with Crippen LogP contribution in [-0.2, 0) is 0 Å². The third kappa shape index (κ3) is 3.79. The van der Waals surface area contributed by atoms with E-state index in [1.807, 2.05) is 49.4 Å². The minimum Gasteiger partial charge on any atom is -0.495 e. The maximum absolute atomic E-state index is 6.30. The second-order valence-corrected chi connectivity index (χ2v) is 7.17. The number of anilines is 3. The smallest absolute Gasteiger partial charge is 0.248 e. The van der Waals surface area contributed by atoms with Gasteiger partial charge in [-0.1, -0.05) is 28.1 Å². The summed E-state index contributed by atoms with van der Waals surface area (Å²) >= 11 is 3.53. The summed E-state index contributed by atoms with van der Waals surface area (Å²) in [6.07, 6.45) is 3.10. The number of aryl methyl sites for hydroxylation is 1. The molecule has 2 aromatic carbocycles. The molecule has 0 saturated heterocycles. The molecule has 4 aromatic rings. The minimum absolute atomic E-state index is 0.239. The summed E-state index contributed by atoms with van der Waals surface area (Å²) in [5.41, 5.74) is 9.11. The van der Waals surface area contributed by atoms with E-state index in [4.69, 9.17) is 15.2 Å². The number of nitrogens with two attached hydrogens (primary N) is 1. The highest BCUT2D eigenvalue weighted by Gasteiger charge is 2.15. The van der Waals surface area contributed by atoms with Gasteiger partial charge >= 0.3 is 0 Å². The zero-order chi connectivity index (χ0) is 20.4. The van der Waals surface area contributed by atoms with E-state index in [-0.39, 0.29) is 11.6 Å². The van der Waals surface area contributed by atoms with Gasteiger partial charge in [0.05, 0.1) is 12.8 Å². The first-order valence-corrected chi connectivity index (χ1v) is 9.59. The predicted molar refractivity (Wildman–Crippen MR) is 117 cm³/mol. The molecule has 4 rings (SSSR count). The van der Waals surface area contributed by atoms with Gasteiger partial charge in [-0.2, -0.15) is 4.98 Å². The van der Waals surface area contributed by atoms with Gasteiger partial charge in [-0.25, -0.2) is 4.98 Å². The van der Waals surface area contributed by atoms with E-state index >= 15 is 0 Å². The quantitative estimate of drug-likeness (QED) is 0.429. The van der Waals surface area contributed by atoms with E-state index in [1.54, 1.807) is 13.3 Å². The Hall–Kier alpha value is -3.39. The molecule has 0 bridgehead atoms. The monoisotopic (exact) mass is 451 g/mol. The Morgan fingerprint density at radius 2 is 1.86 bits per heavy atom. The number of benzene rings is 2. The molecule has 146 valence electrons. The van der Waals surface area contributed by atoms with Gasteiger partial charge in [0.2, 0.25) is 5.88 Å². The SMILES string of the molecule is COc1ccc(C)cc1Nc1ncnc(Oc2ccc(Br)c3cccnc23)c1N. The van der Waals surface area contributed by atoms with Crippen molar-refractivity contribution in [1.29, 1.82) is 0 Å². The Morgan fingerprint density at radius 1 is 1.03 bits per heavy atom. The molecule has 29 heavy (non-hydrogen) atoms. The van der Waals surface area contributed by atoms with Crippen molar-refractivity contribution in [3.8, 4) is 17.4 Å². The van der Waals surface area contributed by atoms with E-state index in [0.717, 1.165) is 21.1 Å². The van der Waals surface area contributed by atoms with Crippen molar-refractivity contribution in [1.82, 2.24) is 15.0 Å². The first-order valence-electron chi connectivity index (χ1n) is 8.80. The number of rotatable bonds is 5. The minimum atomic E-state index is 0.239. The maximum Gasteiger partial charge on any atom is 0.248 e. The normalized spacial score (nSPS) is 10.7. The van der Waals surface area contributed by atoms with Gasteiger partial charge in [-0.15, -0.1) is 0 Å². The van der Waals surface area contributed by atoms with Crippen molar-refractivity contribution >= 4 is 44.0 Å². The first kappa shape index (κ1) is 18.9. The molecule has 8 heteroatoms. The van der Waals surface area contributed by atoms with E-state index in [1.165, 1.54) is 6.33 Å². The zero-order valence-electron chi connectivity index (χ0n) is 15.8. The van der Waals surface area contributed by atoms with Crippen LogP contribution in [0.3, 0.4) is 0 Å². The number of pyridine rings is 1. The fraction of sp³-hybridized carbons (Fsp3) is 0.0952. The molecule has 0 aliphatic carbocycles. The fourth-order valence-corrected chi connectivity index (χ4v) is 3.36. The molecule has 0 atom stereocenters. The van der Waals surface area contributed by atoms with Crippen LogP contribution in [0.5, 0.6) is 17.4 Å². The molecule has 0 radical (unpaired) electrons. The van der Waals surface area contributed by atoms with Gasteiger partial charge in [-0.3, -0.25) is 4.98 Å². The molecule has 7 nitrogen and oxygen atoms in total. The lowest BCUT2D eigenvalue weighted by molar-refractivity contribution is 0.416. The predicted octanol–water partition coefficient (Wildman–Crippen LogP) is 5.22. The van der Waals surface area contributed by atoms with Gasteiger partial charge in [0.1, 0.15) is 23.3 Å². The topological polar surface area (TPSA) is 95.2 Å². The van der Waals surface area contributed by atoms with Gasteiger partial charge in [0, 0.05) is 16.1 Å². The maximum atomic E-state index is 6.30. The number of nitrogen functional groups attached to an aromatic ring is 1. The Balaban J connectivity index is 1.70. The third-order valence-corrected chi connectivity index (χ3v) is 5.03. The third-order valence-electron chi connectivity index (χ3n) is 4.34. The molecule has 0 aliphatic rings. The van der Waals surface area contributed by atoms with Crippen molar-refractivity contribution in [2.75, 3.05) is 18.2 Å². The van der Waals surface area contributed by atoms with Crippen LogP contribution in [-0.4, -0.2) is 22.1 Å².